The van der Waals surface area contributed by atoms with Crippen LogP contribution >= 0.6 is 0 Å². The summed E-state index contributed by atoms with van der Waals surface area (Å²) in [7, 11) is 0. The Morgan fingerprint density at radius 1 is 1.00 bits per heavy atom. The Labute approximate surface area is 117 Å². The number of hydrogen-bond acceptors (Lipinski definition) is 2. The summed E-state index contributed by atoms with van der Waals surface area (Å²) in [6, 6.07) is 10.6. The normalized spacial score (nSPS) is 18.4. The van der Waals surface area contributed by atoms with Crippen molar-refractivity contribution in [2.24, 2.45) is 11.8 Å². The van der Waals surface area contributed by atoms with Gasteiger partial charge in [-0.05, 0) is 55.2 Å². The Morgan fingerprint density at radius 2 is 1.65 bits per heavy atom. The summed E-state index contributed by atoms with van der Waals surface area (Å²) in [5, 5.41) is 9.15. The first kappa shape index (κ1) is 11.8. The Bertz CT molecular complexity index is 635. The predicted molar refractivity (Wildman–Crippen MR) is 79.7 cm³/mol. The van der Waals surface area contributed by atoms with Gasteiger partial charge in [0, 0.05) is 17.8 Å². The van der Waals surface area contributed by atoms with Crippen LogP contribution in [0.4, 0.5) is 5.69 Å². The summed E-state index contributed by atoms with van der Waals surface area (Å²) in [5.74, 6) is 1.78. The number of aromatic nitrogens is 2. The van der Waals surface area contributed by atoms with Crippen molar-refractivity contribution in [1.29, 1.82) is 0 Å². The van der Waals surface area contributed by atoms with Crippen molar-refractivity contribution >= 4 is 5.69 Å². The SMILES string of the molecule is O=c1cc(-c2ccc(NC(C3CC3)C3CC3)cc2)[nH][nH]1. The predicted octanol–water partition coefficient (Wildman–Crippen LogP) is 2.97. The maximum Gasteiger partial charge on any atom is 0.264 e. The van der Waals surface area contributed by atoms with Crippen molar-refractivity contribution in [1.82, 2.24) is 10.2 Å². The molecule has 1 aromatic heterocycles. The van der Waals surface area contributed by atoms with Gasteiger partial charge in [-0.25, -0.2) is 0 Å². The van der Waals surface area contributed by atoms with E-state index < -0.39 is 0 Å². The van der Waals surface area contributed by atoms with Crippen molar-refractivity contribution in [3.8, 4) is 11.3 Å². The van der Waals surface area contributed by atoms with Crippen LogP contribution < -0.4 is 10.9 Å². The summed E-state index contributed by atoms with van der Waals surface area (Å²) < 4.78 is 0. The van der Waals surface area contributed by atoms with Crippen molar-refractivity contribution in [3.63, 3.8) is 0 Å². The highest BCUT2D eigenvalue weighted by Gasteiger charge is 2.41. The zero-order chi connectivity index (χ0) is 13.5. The first-order valence-corrected chi connectivity index (χ1v) is 7.44. The average molecular weight is 269 g/mol. The monoisotopic (exact) mass is 269 g/mol. The Kier molecular flexibility index (Phi) is 2.69. The molecule has 4 heteroatoms. The fraction of sp³-hybridized carbons (Fsp3) is 0.438. The number of benzene rings is 1. The quantitative estimate of drug-likeness (QED) is 0.781. The molecule has 2 fully saturated rings. The van der Waals surface area contributed by atoms with E-state index in [2.05, 4.69) is 39.8 Å². The van der Waals surface area contributed by atoms with Crippen LogP contribution in [0.2, 0.25) is 0 Å². The van der Waals surface area contributed by atoms with Crippen LogP contribution in [0, 0.1) is 11.8 Å². The van der Waals surface area contributed by atoms with E-state index in [-0.39, 0.29) is 5.56 Å². The Balaban J connectivity index is 1.50. The van der Waals surface area contributed by atoms with E-state index in [9.17, 15) is 4.79 Å². The summed E-state index contributed by atoms with van der Waals surface area (Å²) >= 11 is 0. The van der Waals surface area contributed by atoms with Crippen LogP contribution in [-0.4, -0.2) is 16.2 Å². The van der Waals surface area contributed by atoms with Gasteiger partial charge >= 0.3 is 0 Å². The molecule has 2 aromatic rings. The van der Waals surface area contributed by atoms with Gasteiger partial charge in [0.1, 0.15) is 0 Å². The van der Waals surface area contributed by atoms with Crippen LogP contribution in [-0.2, 0) is 0 Å². The van der Waals surface area contributed by atoms with E-state index in [0.717, 1.165) is 23.1 Å². The van der Waals surface area contributed by atoms with E-state index in [1.54, 1.807) is 6.07 Å². The minimum Gasteiger partial charge on any atom is -0.382 e. The van der Waals surface area contributed by atoms with Gasteiger partial charge in [-0.15, -0.1) is 0 Å². The summed E-state index contributed by atoms with van der Waals surface area (Å²) in [4.78, 5) is 11.1. The summed E-state index contributed by atoms with van der Waals surface area (Å²) in [6.07, 6.45) is 5.54. The topological polar surface area (TPSA) is 60.7 Å². The van der Waals surface area contributed by atoms with Crippen LogP contribution in [0.25, 0.3) is 11.3 Å². The van der Waals surface area contributed by atoms with E-state index in [1.807, 2.05) is 0 Å². The molecule has 0 spiro atoms. The van der Waals surface area contributed by atoms with Crippen LogP contribution in [0.15, 0.2) is 35.1 Å². The molecule has 0 atom stereocenters. The van der Waals surface area contributed by atoms with Gasteiger partial charge in [-0.3, -0.25) is 15.0 Å². The fourth-order valence-corrected chi connectivity index (χ4v) is 2.96. The van der Waals surface area contributed by atoms with E-state index in [4.69, 9.17) is 0 Å². The molecular formula is C16H19N3O. The maximum atomic E-state index is 11.1. The molecule has 0 radical (unpaired) electrons. The molecule has 0 saturated heterocycles. The zero-order valence-corrected chi connectivity index (χ0v) is 11.4. The third-order valence-electron chi connectivity index (χ3n) is 4.38. The fourth-order valence-electron chi connectivity index (χ4n) is 2.96. The van der Waals surface area contributed by atoms with Crippen LogP contribution in [0.1, 0.15) is 25.7 Å². The first-order chi connectivity index (χ1) is 9.79. The highest BCUT2D eigenvalue weighted by atomic mass is 16.1. The van der Waals surface area contributed by atoms with Gasteiger partial charge in [-0.1, -0.05) is 12.1 Å². The number of anilines is 1. The van der Waals surface area contributed by atoms with E-state index in [1.165, 1.54) is 31.4 Å². The lowest BCUT2D eigenvalue weighted by molar-refractivity contribution is 0.568. The van der Waals surface area contributed by atoms with E-state index >= 15 is 0 Å². The third-order valence-corrected chi connectivity index (χ3v) is 4.38. The Hall–Kier alpha value is -1.97. The van der Waals surface area contributed by atoms with Crippen molar-refractivity contribution in [2.45, 2.75) is 31.7 Å². The smallest absolute Gasteiger partial charge is 0.264 e. The van der Waals surface area contributed by atoms with Crippen molar-refractivity contribution in [3.05, 3.63) is 40.7 Å². The maximum absolute atomic E-state index is 11.1. The first-order valence-electron chi connectivity index (χ1n) is 7.44. The summed E-state index contributed by atoms with van der Waals surface area (Å²) in [6.45, 7) is 0. The zero-order valence-electron chi connectivity index (χ0n) is 11.4. The van der Waals surface area contributed by atoms with Gasteiger partial charge in [0.25, 0.3) is 5.56 Å². The second kappa shape index (κ2) is 4.54. The molecule has 2 aliphatic carbocycles. The molecule has 0 bridgehead atoms. The second-order valence-electron chi connectivity index (χ2n) is 6.09. The minimum atomic E-state index is -0.0928. The van der Waals surface area contributed by atoms with Gasteiger partial charge in [-0.2, -0.15) is 0 Å². The van der Waals surface area contributed by atoms with Gasteiger partial charge in [0.05, 0.1) is 5.69 Å². The molecule has 4 nitrogen and oxygen atoms in total. The molecular weight excluding hydrogens is 250 g/mol. The molecule has 0 unspecified atom stereocenters. The van der Waals surface area contributed by atoms with Crippen molar-refractivity contribution in [2.75, 3.05) is 5.32 Å². The minimum absolute atomic E-state index is 0.0928. The molecule has 3 N–H and O–H groups in total. The lowest BCUT2D eigenvalue weighted by Crippen LogP contribution is -2.24. The standard InChI is InChI=1S/C16H19N3O/c20-15-9-14(18-19-15)10-5-7-13(8-6-10)17-16(11-1-2-11)12-3-4-12/h5-9,11-12,16-17H,1-4H2,(H2,18,19,20). The van der Waals surface area contributed by atoms with Crippen LogP contribution in [0.5, 0.6) is 0 Å². The number of hydrogen-bond donors (Lipinski definition) is 3. The lowest BCUT2D eigenvalue weighted by atomic mass is 10.1. The molecule has 0 aliphatic heterocycles. The lowest BCUT2D eigenvalue weighted by Gasteiger charge is -2.19. The highest BCUT2D eigenvalue weighted by Crippen LogP contribution is 2.45. The highest BCUT2D eigenvalue weighted by molar-refractivity contribution is 5.62. The molecule has 2 saturated carbocycles. The van der Waals surface area contributed by atoms with Gasteiger partial charge in [0.15, 0.2) is 0 Å². The Morgan fingerprint density at radius 3 is 2.15 bits per heavy atom. The molecule has 1 heterocycles. The second-order valence-corrected chi connectivity index (χ2v) is 6.09. The van der Waals surface area contributed by atoms with Gasteiger partial charge in [0.2, 0.25) is 0 Å². The van der Waals surface area contributed by atoms with Crippen LogP contribution in [0.3, 0.4) is 0 Å². The molecule has 4 rings (SSSR count). The van der Waals surface area contributed by atoms with Gasteiger partial charge < -0.3 is 5.32 Å². The summed E-state index contributed by atoms with van der Waals surface area (Å²) in [5.41, 5.74) is 2.96. The molecule has 0 amide bonds. The number of nitrogens with one attached hydrogen (secondary N) is 3. The van der Waals surface area contributed by atoms with E-state index in [0.29, 0.717) is 6.04 Å². The number of H-pyrrole nitrogens is 2. The molecule has 1 aromatic carbocycles. The molecule has 104 valence electrons. The molecule has 2 aliphatic rings. The third kappa shape index (κ3) is 2.38. The van der Waals surface area contributed by atoms with Crippen molar-refractivity contribution < 1.29 is 0 Å². The molecule has 20 heavy (non-hydrogen) atoms. The average Bonchev–Trinajstić information content (AvgIpc) is 3.36. The largest absolute Gasteiger partial charge is 0.382 e. The number of aromatic amines is 2. The number of rotatable bonds is 5.